The van der Waals surface area contributed by atoms with Crippen molar-refractivity contribution in [3.05, 3.63) is 100 Å². The standard InChI is InChI=1S/C27H26N3O3/c1-16-21-12-11-18(13-23(21)17(2)30(16)32)26(29-19-7-6-8-20(14-19)33-3)27(31)24-15-28-25-10-5-4-9-22(24)25/h4-17,26,28-29H,1-3H3/q-1. The summed E-state index contributed by atoms with van der Waals surface area (Å²) in [4.78, 5) is 17.1. The van der Waals surface area contributed by atoms with E-state index in [1.54, 1.807) is 13.3 Å². The van der Waals surface area contributed by atoms with Crippen LogP contribution >= 0.6 is 0 Å². The number of carbonyl (C=O) groups excluding carboxylic acids is 1. The Morgan fingerprint density at radius 2 is 1.82 bits per heavy atom. The number of nitrogens with one attached hydrogen (secondary N) is 2. The van der Waals surface area contributed by atoms with Gasteiger partial charge in [0.15, 0.2) is 5.78 Å². The first-order valence-electron chi connectivity index (χ1n) is 11.1. The Morgan fingerprint density at radius 3 is 2.64 bits per heavy atom. The Bertz CT molecular complexity index is 1330. The first-order chi connectivity index (χ1) is 16.0. The minimum absolute atomic E-state index is 0.0482. The lowest BCUT2D eigenvalue weighted by Crippen LogP contribution is -2.21. The summed E-state index contributed by atoms with van der Waals surface area (Å²) in [6.45, 7) is 3.82. The highest BCUT2D eigenvalue weighted by Gasteiger charge is 2.30. The van der Waals surface area contributed by atoms with E-state index in [9.17, 15) is 10.0 Å². The van der Waals surface area contributed by atoms with Gasteiger partial charge >= 0.3 is 0 Å². The lowest BCUT2D eigenvalue weighted by Gasteiger charge is -2.32. The summed E-state index contributed by atoms with van der Waals surface area (Å²) >= 11 is 0. The topological polar surface area (TPSA) is 80.4 Å². The largest absolute Gasteiger partial charge is 0.784 e. The smallest absolute Gasteiger partial charge is 0.191 e. The van der Waals surface area contributed by atoms with Gasteiger partial charge in [-0.25, -0.2) is 0 Å². The van der Waals surface area contributed by atoms with Crippen LogP contribution in [0.2, 0.25) is 0 Å². The number of carbonyl (C=O) groups is 1. The third-order valence-corrected chi connectivity index (χ3v) is 6.61. The number of para-hydroxylation sites is 1. The number of fused-ring (bicyclic) bond motifs is 2. The molecule has 0 saturated carbocycles. The van der Waals surface area contributed by atoms with Crippen LogP contribution in [0.1, 0.15) is 59.0 Å². The molecular weight excluding hydrogens is 414 g/mol. The number of ether oxygens (including phenoxy) is 1. The molecule has 3 aromatic carbocycles. The molecule has 33 heavy (non-hydrogen) atoms. The van der Waals surface area contributed by atoms with Crippen LogP contribution in [0.4, 0.5) is 5.69 Å². The van der Waals surface area contributed by atoms with Crippen molar-refractivity contribution in [1.82, 2.24) is 10.0 Å². The Morgan fingerprint density at radius 1 is 1.03 bits per heavy atom. The predicted octanol–water partition coefficient (Wildman–Crippen LogP) is 6.15. The van der Waals surface area contributed by atoms with Gasteiger partial charge in [0.05, 0.1) is 7.11 Å². The van der Waals surface area contributed by atoms with Crippen LogP contribution in [-0.4, -0.2) is 22.9 Å². The average molecular weight is 441 g/mol. The number of hydroxylamine groups is 2. The summed E-state index contributed by atoms with van der Waals surface area (Å²) in [6, 6.07) is 20.1. The number of methoxy groups -OCH3 is 1. The van der Waals surface area contributed by atoms with Gasteiger partial charge in [0, 0.05) is 46.5 Å². The first-order valence-corrected chi connectivity index (χ1v) is 11.1. The van der Waals surface area contributed by atoms with Crippen molar-refractivity contribution in [2.24, 2.45) is 0 Å². The minimum Gasteiger partial charge on any atom is -0.784 e. The number of aromatic nitrogens is 1. The molecule has 0 aliphatic carbocycles. The van der Waals surface area contributed by atoms with Gasteiger partial charge in [0.1, 0.15) is 11.8 Å². The lowest BCUT2D eigenvalue weighted by atomic mass is 9.92. The molecule has 0 radical (unpaired) electrons. The van der Waals surface area contributed by atoms with Crippen molar-refractivity contribution in [3.63, 3.8) is 0 Å². The van der Waals surface area contributed by atoms with Gasteiger partial charge < -0.3 is 25.3 Å². The van der Waals surface area contributed by atoms with E-state index >= 15 is 0 Å². The zero-order valence-electron chi connectivity index (χ0n) is 18.8. The van der Waals surface area contributed by atoms with E-state index in [1.165, 1.54) is 0 Å². The highest BCUT2D eigenvalue weighted by Crippen LogP contribution is 2.42. The van der Waals surface area contributed by atoms with Crippen molar-refractivity contribution in [3.8, 4) is 5.75 Å². The molecule has 168 valence electrons. The van der Waals surface area contributed by atoms with Crippen molar-refractivity contribution in [2.45, 2.75) is 32.0 Å². The molecular formula is C27H26N3O3-. The van der Waals surface area contributed by atoms with Crippen molar-refractivity contribution in [2.75, 3.05) is 12.4 Å². The number of ketones is 1. The molecule has 2 N–H and O–H groups in total. The van der Waals surface area contributed by atoms with E-state index in [1.807, 2.05) is 80.6 Å². The van der Waals surface area contributed by atoms with Gasteiger partial charge in [-0.2, -0.15) is 0 Å². The molecule has 0 spiro atoms. The maximum absolute atomic E-state index is 13.9. The van der Waals surface area contributed by atoms with Crippen LogP contribution in [0, 0.1) is 5.21 Å². The highest BCUT2D eigenvalue weighted by atomic mass is 16.5. The molecule has 5 rings (SSSR count). The second-order valence-electron chi connectivity index (χ2n) is 8.52. The molecule has 4 aromatic rings. The van der Waals surface area contributed by atoms with Crippen LogP contribution in [0.25, 0.3) is 10.9 Å². The van der Waals surface area contributed by atoms with Crippen molar-refractivity contribution < 1.29 is 9.53 Å². The van der Waals surface area contributed by atoms with Gasteiger partial charge in [0.2, 0.25) is 0 Å². The summed E-state index contributed by atoms with van der Waals surface area (Å²) in [7, 11) is 1.62. The van der Waals surface area contributed by atoms with E-state index in [0.717, 1.165) is 38.3 Å². The highest BCUT2D eigenvalue weighted by molar-refractivity contribution is 6.11. The quantitative estimate of drug-likeness (QED) is 0.352. The van der Waals surface area contributed by atoms with Crippen LogP contribution in [0.3, 0.4) is 0 Å². The number of benzene rings is 3. The summed E-state index contributed by atoms with van der Waals surface area (Å²) in [5.74, 6) is 0.657. The molecule has 1 aliphatic rings. The molecule has 2 heterocycles. The van der Waals surface area contributed by atoms with Crippen LogP contribution in [0.15, 0.2) is 72.9 Å². The summed E-state index contributed by atoms with van der Waals surface area (Å²) in [6.07, 6.45) is 1.77. The number of H-pyrrole nitrogens is 1. The number of anilines is 1. The fourth-order valence-electron chi connectivity index (χ4n) is 4.74. The molecule has 3 unspecified atom stereocenters. The van der Waals surface area contributed by atoms with Crippen LogP contribution < -0.4 is 10.1 Å². The number of Topliss-reactive ketones (excluding diaryl/α,β-unsaturated/α-hetero) is 1. The van der Waals surface area contributed by atoms with E-state index in [0.29, 0.717) is 11.3 Å². The van der Waals surface area contributed by atoms with Crippen LogP contribution in [0.5, 0.6) is 5.75 Å². The SMILES string of the molecule is COc1cccc(NC(C(=O)c2c[nH]c3ccccc23)c2ccc3c(c2)C(C)N([O-])C3C)c1. The lowest BCUT2D eigenvalue weighted by molar-refractivity contribution is 0.0971. The van der Waals surface area contributed by atoms with Crippen molar-refractivity contribution >= 4 is 22.4 Å². The normalized spacial score (nSPS) is 18.8. The van der Waals surface area contributed by atoms with Crippen LogP contribution in [-0.2, 0) is 0 Å². The number of nitrogens with zero attached hydrogens (tertiary/aromatic N) is 1. The second-order valence-corrected chi connectivity index (χ2v) is 8.52. The second kappa shape index (κ2) is 8.39. The first kappa shape index (κ1) is 21.2. The molecule has 0 bridgehead atoms. The van der Waals surface area contributed by atoms with Gasteiger partial charge in [-0.15, -0.1) is 0 Å². The molecule has 1 aromatic heterocycles. The van der Waals surface area contributed by atoms with Crippen molar-refractivity contribution in [1.29, 1.82) is 0 Å². The minimum atomic E-state index is -0.634. The summed E-state index contributed by atoms with van der Waals surface area (Å²) in [5, 5.41) is 17.9. The number of aromatic amines is 1. The Balaban J connectivity index is 1.59. The maximum atomic E-state index is 13.9. The zero-order valence-corrected chi connectivity index (χ0v) is 18.8. The molecule has 0 amide bonds. The Labute approximate surface area is 192 Å². The predicted molar refractivity (Wildman–Crippen MR) is 130 cm³/mol. The third kappa shape index (κ3) is 3.67. The molecule has 6 heteroatoms. The molecule has 0 saturated heterocycles. The van der Waals surface area contributed by atoms with Gasteiger partial charge in [-0.3, -0.25) is 4.79 Å². The van der Waals surface area contributed by atoms with Gasteiger partial charge in [-0.05, 0) is 48.7 Å². The average Bonchev–Trinajstić information content (AvgIpc) is 3.37. The van der Waals surface area contributed by atoms with E-state index in [-0.39, 0.29) is 17.9 Å². The fraction of sp³-hybridized carbons (Fsp3) is 0.222. The number of rotatable bonds is 6. The molecule has 6 nitrogen and oxygen atoms in total. The summed E-state index contributed by atoms with van der Waals surface area (Å²) < 4.78 is 5.36. The monoisotopic (exact) mass is 440 g/mol. The molecule has 1 aliphatic heterocycles. The zero-order chi connectivity index (χ0) is 23.1. The van der Waals surface area contributed by atoms with Gasteiger partial charge in [0.25, 0.3) is 0 Å². The Kier molecular flexibility index (Phi) is 5.40. The third-order valence-electron chi connectivity index (χ3n) is 6.61. The van der Waals surface area contributed by atoms with E-state index in [4.69, 9.17) is 4.74 Å². The van der Waals surface area contributed by atoms with E-state index in [2.05, 4.69) is 10.3 Å². The maximum Gasteiger partial charge on any atom is 0.191 e. The fourth-order valence-corrected chi connectivity index (χ4v) is 4.74. The number of hydrogen-bond acceptors (Lipinski definition) is 5. The van der Waals surface area contributed by atoms with Gasteiger partial charge in [-0.1, -0.05) is 42.5 Å². The summed E-state index contributed by atoms with van der Waals surface area (Å²) in [5.41, 5.74) is 5.12. The number of hydrogen-bond donors (Lipinski definition) is 2. The molecule has 3 atom stereocenters. The Hall–Kier alpha value is -3.61. The van der Waals surface area contributed by atoms with E-state index < -0.39 is 6.04 Å². The molecule has 0 fully saturated rings.